The van der Waals surface area contributed by atoms with Crippen LogP contribution >= 0.6 is 0 Å². The number of ether oxygens (including phenoxy) is 1. The predicted octanol–water partition coefficient (Wildman–Crippen LogP) is 2.46. The Morgan fingerprint density at radius 3 is 3.05 bits per heavy atom. The highest BCUT2D eigenvalue weighted by Crippen LogP contribution is 2.16. The molecule has 0 spiro atoms. The van der Waals surface area contributed by atoms with Crippen LogP contribution in [0.5, 0.6) is 0 Å². The zero-order chi connectivity index (χ0) is 13.7. The van der Waals surface area contributed by atoms with Gasteiger partial charge in [0.05, 0.1) is 0 Å². The number of rotatable bonds is 6. The van der Waals surface area contributed by atoms with E-state index in [2.05, 4.69) is 10.3 Å². The van der Waals surface area contributed by atoms with Crippen LogP contribution in [0.4, 0.5) is 4.39 Å². The first-order chi connectivity index (χ1) is 9.20. The summed E-state index contributed by atoms with van der Waals surface area (Å²) >= 11 is 0. The monoisotopic (exact) mass is 264 g/mol. The second-order valence-electron chi connectivity index (χ2n) is 4.22. The van der Waals surface area contributed by atoms with Crippen LogP contribution < -0.4 is 5.32 Å². The molecular weight excluding hydrogens is 247 g/mol. The first-order valence-electron chi connectivity index (χ1n) is 6.35. The van der Waals surface area contributed by atoms with Crippen LogP contribution in [-0.4, -0.2) is 30.6 Å². The first-order valence-corrected chi connectivity index (χ1v) is 6.35. The van der Waals surface area contributed by atoms with E-state index in [1.165, 1.54) is 12.1 Å². The third-order valence-corrected chi connectivity index (χ3v) is 2.78. The Labute approximate surface area is 111 Å². The summed E-state index contributed by atoms with van der Waals surface area (Å²) in [5, 5.41) is 3.48. The van der Waals surface area contributed by atoms with Gasteiger partial charge in [-0.3, -0.25) is 4.79 Å². The van der Waals surface area contributed by atoms with E-state index in [4.69, 9.17) is 4.74 Å². The number of H-pyrrole nitrogens is 1. The van der Waals surface area contributed by atoms with Crippen LogP contribution in [0.2, 0.25) is 0 Å². The summed E-state index contributed by atoms with van der Waals surface area (Å²) in [5.41, 5.74) is 1.19. The standard InChI is InChI=1S/C14H17FN2O2/c1-2-19-7-3-6-16-14(18)13-9-10-8-11(15)4-5-12(10)17-13/h4-5,8-9,17H,2-3,6-7H2,1H3,(H,16,18). The molecule has 0 saturated heterocycles. The Balaban J connectivity index is 1.94. The molecule has 1 heterocycles. The van der Waals surface area contributed by atoms with E-state index in [0.717, 1.165) is 11.9 Å². The summed E-state index contributed by atoms with van der Waals surface area (Å²) in [6.07, 6.45) is 0.772. The van der Waals surface area contributed by atoms with Gasteiger partial charge in [0.25, 0.3) is 5.91 Å². The highest BCUT2D eigenvalue weighted by molar-refractivity contribution is 5.97. The zero-order valence-corrected chi connectivity index (χ0v) is 10.8. The van der Waals surface area contributed by atoms with E-state index in [1.54, 1.807) is 12.1 Å². The molecule has 1 aromatic carbocycles. The molecule has 5 heteroatoms. The van der Waals surface area contributed by atoms with Gasteiger partial charge >= 0.3 is 0 Å². The Morgan fingerprint density at radius 2 is 2.26 bits per heavy atom. The van der Waals surface area contributed by atoms with Crippen molar-refractivity contribution < 1.29 is 13.9 Å². The number of hydrogen-bond donors (Lipinski definition) is 2. The topological polar surface area (TPSA) is 54.1 Å². The molecule has 2 rings (SSSR count). The quantitative estimate of drug-likeness (QED) is 0.787. The van der Waals surface area contributed by atoms with Gasteiger partial charge < -0.3 is 15.0 Å². The SMILES string of the molecule is CCOCCCNC(=O)c1cc2cc(F)ccc2[nH]1. The minimum atomic E-state index is -0.310. The van der Waals surface area contributed by atoms with Gasteiger partial charge in [0.15, 0.2) is 0 Å². The van der Waals surface area contributed by atoms with Crippen LogP contribution in [-0.2, 0) is 4.74 Å². The van der Waals surface area contributed by atoms with E-state index in [1.807, 2.05) is 6.92 Å². The fourth-order valence-electron chi connectivity index (χ4n) is 1.84. The summed E-state index contributed by atoms with van der Waals surface area (Å²) in [7, 11) is 0. The second-order valence-corrected chi connectivity index (χ2v) is 4.22. The first kappa shape index (κ1) is 13.5. The van der Waals surface area contributed by atoms with Gasteiger partial charge in [-0.1, -0.05) is 0 Å². The van der Waals surface area contributed by atoms with Crippen molar-refractivity contribution >= 4 is 16.8 Å². The number of hydrogen-bond acceptors (Lipinski definition) is 2. The fourth-order valence-corrected chi connectivity index (χ4v) is 1.84. The van der Waals surface area contributed by atoms with Gasteiger partial charge in [-0.05, 0) is 37.6 Å². The van der Waals surface area contributed by atoms with Crippen molar-refractivity contribution in [1.29, 1.82) is 0 Å². The number of amides is 1. The average molecular weight is 264 g/mol. The van der Waals surface area contributed by atoms with Gasteiger partial charge in [0, 0.05) is 30.7 Å². The maximum absolute atomic E-state index is 13.0. The molecule has 19 heavy (non-hydrogen) atoms. The predicted molar refractivity (Wildman–Crippen MR) is 71.7 cm³/mol. The van der Waals surface area contributed by atoms with E-state index in [-0.39, 0.29) is 11.7 Å². The largest absolute Gasteiger partial charge is 0.382 e. The van der Waals surface area contributed by atoms with Crippen molar-refractivity contribution in [1.82, 2.24) is 10.3 Å². The minimum absolute atomic E-state index is 0.187. The molecular formula is C14H17FN2O2. The molecule has 1 aromatic heterocycles. The van der Waals surface area contributed by atoms with Crippen molar-refractivity contribution in [3.63, 3.8) is 0 Å². The minimum Gasteiger partial charge on any atom is -0.382 e. The third-order valence-electron chi connectivity index (χ3n) is 2.78. The lowest BCUT2D eigenvalue weighted by Gasteiger charge is -2.03. The van der Waals surface area contributed by atoms with Crippen molar-refractivity contribution in [2.24, 2.45) is 0 Å². The molecule has 102 valence electrons. The Morgan fingerprint density at radius 1 is 1.42 bits per heavy atom. The van der Waals surface area contributed by atoms with Crippen LogP contribution in [0.25, 0.3) is 10.9 Å². The Hall–Kier alpha value is -1.88. The van der Waals surface area contributed by atoms with E-state index >= 15 is 0 Å². The smallest absolute Gasteiger partial charge is 0.267 e. The third kappa shape index (κ3) is 3.54. The summed E-state index contributed by atoms with van der Waals surface area (Å²) in [5.74, 6) is -0.497. The summed E-state index contributed by atoms with van der Waals surface area (Å²) in [6, 6.07) is 6.03. The normalized spacial score (nSPS) is 10.8. The number of aromatic nitrogens is 1. The van der Waals surface area contributed by atoms with Gasteiger partial charge in [-0.2, -0.15) is 0 Å². The number of carbonyl (C=O) groups is 1. The molecule has 1 amide bonds. The lowest BCUT2D eigenvalue weighted by atomic mass is 10.2. The van der Waals surface area contributed by atoms with E-state index < -0.39 is 0 Å². The van der Waals surface area contributed by atoms with E-state index in [9.17, 15) is 9.18 Å². The molecule has 4 nitrogen and oxygen atoms in total. The van der Waals surface area contributed by atoms with Crippen LogP contribution in [0.1, 0.15) is 23.8 Å². The molecule has 0 aliphatic carbocycles. The number of halogens is 1. The molecule has 0 unspecified atom stereocenters. The Kier molecular flexibility index (Phi) is 4.52. The molecule has 0 aliphatic rings. The maximum Gasteiger partial charge on any atom is 0.267 e. The summed E-state index contributed by atoms with van der Waals surface area (Å²) in [6.45, 7) is 3.81. The highest BCUT2D eigenvalue weighted by atomic mass is 19.1. The molecule has 2 N–H and O–H groups in total. The number of nitrogens with one attached hydrogen (secondary N) is 2. The lowest BCUT2D eigenvalue weighted by molar-refractivity contribution is 0.0940. The van der Waals surface area contributed by atoms with Crippen molar-refractivity contribution in [2.45, 2.75) is 13.3 Å². The van der Waals surface area contributed by atoms with Crippen molar-refractivity contribution in [3.05, 3.63) is 35.8 Å². The molecule has 2 aromatic rings. The van der Waals surface area contributed by atoms with Crippen LogP contribution in [0.15, 0.2) is 24.3 Å². The van der Waals surface area contributed by atoms with Gasteiger partial charge in [-0.15, -0.1) is 0 Å². The van der Waals surface area contributed by atoms with Gasteiger partial charge in [-0.25, -0.2) is 4.39 Å². The number of benzene rings is 1. The lowest BCUT2D eigenvalue weighted by Crippen LogP contribution is -2.25. The van der Waals surface area contributed by atoms with E-state index in [0.29, 0.717) is 30.8 Å². The molecule has 0 atom stereocenters. The summed E-state index contributed by atoms with van der Waals surface area (Å²) in [4.78, 5) is 14.8. The maximum atomic E-state index is 13.0. The van der Waals surface area contributed by atoms with Gasteiger partial charge in [0.1, 0.15) is 11.5 Å². The summed E-state index contributed by atoms with van der Waals surface area (Å²) < 4.78 is 18.2. The average Bonchev–Trinajstić information content (AvgIpc) is 2.81. The van der Waals surface area contributed by atoms with Crippen molar-refractivity contribution in [2.75, 3.05) is 19.8 Å². The second kappa shape index (κ2) is 6.33. The van der Waals surface area contributed by atoms with Gasteiger partial charge in [0.2, 0.25) is 0 Å². The number of fused-ring (bicyclic) bond motifs is 1. The zero-order valence-electron chi connectivity index (χ0n) is 10.8. The number of carbonyl (C=O) groups excluding carboxylic acids is 1. The molecule has 0 fully saturated rings. The van der Waals surface area contributed by atoms with Crippen molar-refractivity contribution in [3.8, 4) is 0 Å². The molecule has 0 bridgehead atoms. The highest BCUT2D eigenvalue weighted by Gasteiger charge is 2.09. The molecule has 0 aliphatic heterocycles. The van der Waals surface area contributed by atoms with Crippen LogP contribution in [0, 0.1) is 5.82 Å². The number of aromatic amines is 1. The fraction of sp³-hybridized carbons (Fsp3) is 0.357. The van der Waals surface area contributed by atoms with Crippen LogP contribution in [0.3, 0.4) is 0 Å². The molecule has 0 radical (unpaired) electrons. The Bertz CT molecular complexity index is 566. The molecule has 0 saturated carbocycles.